The quantitative estimate of drug-likeness (QED) is 0.858. The highest BCUT2D eigenvalue weighted by Crippen LogP contribution is 2.23. The zero-order valence-electron chi connectivity index (χ0n) is 12.4. The van der Waals surface area contributed by atoms with Gasteiger partial charge in [0.25, 0.3) is 0 Å². The van der Waals surface area contributed by atoms with Gasteiger partial charge in [0.15, 0.2) is 0 Å². The van der Waals surface area contributed by atoms with Gasteiger partial charge in [0.1, 0.15) is 0 Å². The maximum atomic E-state index is 9.68. The highest BCUT2D eigenvalue weighted by Gasteiger charge is 2.20. The molecule has 1 fully saturated rings. The molecule has 2 unspecified atom stereocenters. The van der Waals surface area contributed by atoms with Crippen LogP contribution in [-0.4, -0.2) is 27.5 Å². The lowest BCUT2D eigenvalue weighted by Gasteiger charge is -2.26. The minimum atomic E-state index is -0.0785. The van der Waals surface area contributed by atoms with Gasteiger partial charge in [-0.3, -0.25) is 4.68 Å². The summed E-state index contributed by atoms with van der Waals surface area (Å²) in [6, 6.07) is 0. The summed E-state index contributed by atoms with van der Waals surface area (Å²) >= 11 is 0. The number of nitrogens with one attached hydrogen (secondary N) is 1. The Morgan fingerprint density at radius 2 is 2.26 bits per heavy atom. The highest BCUT2D eigenvalue weighted by atomic mass is 16.3. The molecule has 1 aromatic heterocycles. The van der Waals surface area contributed by atoms with Crippen molar-refractivity contribution in [3.05, 3.63) is 17.5 Å². The topological polar surface area (TPSA) is 50.1 Å². The Morgan fingerprint density at radius 3 is 2.95 bits per heavy atom. The first-order valence-electron chi connectivity index (χ1n) is 7.47. The van der Waals surface area contributed by atoms with E-state index in [-0.39, 0.29) is 6.10 Å². The molecule has 2 N–H and O–H groups in total. The molecule has 1 heterocycles. The second-order valence-electron chi connectivity index (χ2n) is 6.19. The van der Waals surface area contributed by atoms with Crippen molar-refractivity contribution in [1.82, 2.24) is 15.1 Å². The van der Waals surface area contributed by atoms with Gasteiger partial charge in [0, 0.05) is 25.4 Å². The SMILES string of the molecule is CC(C)c1nn(C)cc1CNCC1CCCC(O)C1. The monoisotopic (exact) mass is 265 g/mol. The molecule has 1 saturated carbocycles. The molecule has 108 valence electrons. The number of nitrogens with zero attached hydrogens (tertiary/aromatic N) is 2. The van der Waals surface area contributed by atoms with Crippen molar-refractivity contribution in [3.8, 4) is 0 Å². The van der Waals surface area contributed by atoms with Crippen molar-refractivity contribution in [1.29, 1.82) is 0 Å². The van der Waals surface area contributed by atoms with Crippen LogP contribution in [0.2, 0.25) is 0 Å². The van der Waals surface area contributed by atoms with Crippen molar-refractivity contribution in [2.24, 2.45) is 13.0 Å². The van der Waals surface area contributed by atoms with Crippen LogP contribution >= 0.6 is 0 Å². The summed E-state index contributed by atoms with van der Waals surface area (Å²) in [6.45, 7) is 6.25. The van der Waals surface area contributed by atoms with E-state index >= 15 is 0 Å². The van der Waals surface area contributed by atoms with E-state index in [0.717, 1.165) is 32.4 Å². The molecule has 1 aromatic rings. The average Bonchev–Trinajstić information content (AvgIpc) is 2.71. The zero-order valence-corrected chi connectivity index (χ0v) is 12.4. The molecule has 19 heavy (non-hydrogen) atoms. The molecular formula is C15H27N3O. The van der Waals surface area contributed by atoms with Gasteiger partial charge in [0.05, 0.1) is 11.8 Å². The second kappa shape index (κ2) is 6.53. The standard InChI is InChI=1S/C15H27N3O/c1-11(2)15-13(10-18(3)17-15)9-16-8-12-5-4-6-14(19)7-12/h10-12,14,16,19H,4-9H2,1-3H3. The van der Waals surface area contributed by atoms with Gasteiger partial charge in [-0.1, -0.05) is 20.3 Å². The van der Waals surface area contributed by atoms with Crippen LogP contribution in [0.4, 0.5) is 0 Å². The van der Waals surface area contributed by atoms with Crippen LogP contribution in [-0.2, 0) is 13.6 Å². The summed E-state index contributed by atoms with van der Waals surface area (Å²) in [5, 5.41) is 17.7. The van der Waals surface area contributed by atoms with Crippen LogP contribution in [0.1, 0.15) is 56.7 Å². The molecule has 2 rings (SSSR count). The summed E-state index contributed by atoms with van der Waals surface area (Å²) < 4.78 is 1.90. The third-order valence-electron chi connectivity index (χ3n) is 3.99. The van der Waals surface area contributed by atoms with Crippen molar-refractivity contribution >= 4 is 0 Å². The Kier molecular flexibility index (Phi) is 4.99. The number of hydrogen-bond donors (Lipinski definition) is 2. The fourth-order valence-electron chi connectivity index (χ4n) is 3.04. The summed E-state index contributed by atoms with van der Waals surface area (Å²) in [5.41, 5.74) is 2.49. The Morgan fingerprint density at radius 1 is 1.47 bits per heavy atom. The van der Waals surface area contributed by atoms with Crippen LogP contribution < -0.4 is 5.32 Å². The second-order valence-corrected chi connectivity index (χ2v) is 6.19. The molecule has 4 heteroatoms. The number of aliphatic hydroxyl groups excluding tert-OH is 1. The van der Waals surface area contributed by atoms with Crippen LogP contribution in [0.5, 0.6) is 0 Å². The fourth-order valence-corrected chi connectivity index (χ4v) is 3.04. The fraction of sp³-hybridized carbons (Fsp3) is 0.800. The van der Waals surface area contributed by atoms with Crippen LogP contribution in [0, 0.1) is 5.92 Å². The predicted octanol–water partition coefficient (Wildman–Crippen LogP) is 2.18. The lowest BCUT2D eigenvalue weighted by molar-refractivity contribution is 0.101. The number of aromatic nitrogens is 2. The molecule has 4 nitrogen and oxygen atoms in total. The minimum Gasteiger partial charge on any atom is -0.393 e. The van der Waals surface area contributed by atoms with Gasteiger partial charge < -0.3 is 10.4 Å². The first-order valence-corrected chi connectivity index (χ1v) is 7.47. The Labute approximate surface area is 116 Å². The summed E-state index contributed by atoms with van der Waals surface area (Å²) in [5.74, 6) is 1.09. The molecule has 1 aliphatic rings. The van der Waals surface area contributed by atoms with Crippen molar-refractivity contribution in [2.45, 2.75) is 58.1 Å². The maximum Gasteiger partial charge on any atom is 0.0694 e. The van der Waals surface area contributed by atoms with Crippen LogP contribution in [0.3, 0.4) is 0 Å². The Balaban J connectivity index is 1.82. The largest absolute Gasteiger partial charge is 0.393 e. The molecule has 0 saturated heterocycles. The molecule has 1 aliphatic carbocycles. The molecule has 0 amide bonds. The highest BCUT2D eigenvalue weighted by molar-refractivity contribution is 5.19. The van der Waals surface area contributed by atoms with Crippen molar-refractivity contribution in [2.75, 3.05) is 6.54 Å². The molecule has 0 spiro atoms. The summed E-state index contributed by atoms with van der Waals surface area (Å²) in [6.07, 6.45) is 6.38. The first-order chi connectivity index (χ1) is 9.06. The molecule has 0 bridgehead atoms. The summed E-state index contributed by atoms with van der Waals surface area (Å²) in [7, 11) is 1.98. The normalized spacial score (nSPS) is 24.1. The predicted molar refractivity (Wildman–Crippen MR) is 77.0 cm³/mol. The van der Waals surface area contributed by atoms with Gasteiger partial charge in [-0.15, -0.1) is 0 Å². The number of rotatable bonds is 5. The number of aryl methyl sites for hydroxylation is 1. The van der Waals surface area contributed by atoms with Gasteiger partial charge >= 0.3 is 0 Å². The first kappa shape index (κ1) is 14.5. The van der Waals surface area contributed by atoms with Crippen LogP contribution in [0.15, 0.2) is 6.20 Å². The van der Waals surface area contributed by atoms with E-state index in [9.17, 15) is 5.11 Å². The number of aliphatic hydroxyl groups is 1. The summed E-state index contributed by atoms with van der Waals surface area (Å²) in [4.78, 5) is 0. The third-order valence-corrected chi connectivity index (χ3v) is 3.99. The van der Waals surface area contributed by atoms with E-state index in [1.807, 2.05) is 11.7 Å². The van der Waals surface area contributed by atoms with Crippen molar-refractivity contribution < 1.29 is 5.11 Å². The molecule has 0 radical (unpaired) electrons. The average molecular weight is 265 g/mol. The minimum absolute atomic E-state index is 0.0785. The van der Waals surface area contributed by atoms with Gasteiger partial charge in [0.2, 0.25) is 0 Å². The third kappa shape index (κ3) is 4.05. The van der Waals surface area contributed by atoms with Crippen LogP contribution in [0.25, 0.3) is 0 Å². The van der Waals surface area contributed by atoms with E-state index in [1.54, 1.807) is 0 Å². The number of hydrogen-bond acceptors (Lipinski definition) is 3. The molecular weight excluding hydrogens is 238 g/mol. The lowest BCUT2D eigenvalue weighted by atomic mass is 9.87. The Hall–Kier alpha value is -0.870. The zero-order chi connectivity index (χ0) is 13.8. The van der Waals surface area contributed by atoms with Gasteiger partial charge in [-0.25, -0.2) is 0 Å². The Bertz CT molecular complexity index is 400. The van der Waals surface area contributed by atoms with Gasteiger partial charge in [-0.05, 0) is 37.6 Å². The van der Waals surface area contributed by atoms with E-state index in [2.05, 4.69) is 30.5 Å². The maximum absolute atomic E-state index is 9.68. The molecule has 2 atom stereocenters. The van der Waals surface area contributed by atoms with E-state index in [1.165, 1.54) is 17.7 Å². The lowest BCUT2D eigenvalue weighted by Crippen LogP contribution is -2.29. The molecule has 0 aromatic carbocycles. The van der Waals surface area contributed by atoms with Crippen molar-refractivity contribution in [3.63, 3.8) is 0 Å². The van der Waals surface area contributed by atoms with E-state index < -0.39 is 0 Å². The van der Waals surface area contributed by atoms with Gasteiger partial charge in [-0.2, -0.15) is 5.10 Å². The van der Waals surface area contributed by atoms with E-state index in [0.29, 0.717) is 11.8 Å². The smallest absolute Gasteiger partial charge is 0.0694 e. The molecule has 0 aliphatic heterocycles. The van der Waals surface area contributed by atoms with E-state index in [4.69, 9.17) is 0 Å².